The fourth-order valence-electron chi connectivity index (χ4n) is 4.90. The van der Waals surface area contributed by atoms with Gasteiger partial charge in [0.1, 0.15) is 12.7 Å². The minimum absolute atomic E-state index is 0.0793. The Morgan fingerprint density at radius 1 is 1.22 bits per heavy atom. The summed E-state index contributed by atoms with van der Waals surface area (Å²) in [4.78, 5) is 19.8. The number of halogens is 1. The molecule has 0 radical (unpaired) electrons. The number of rotatable bonds is 5. The second-order valence-electron chi connectivity index (χ2n) is 10.7. The minimum atomic E-state index is -2.97. The lowest BCUT2D eigenvalue weighted by Gasteiger charge is -2.31. The maximum atomic E-state index is 14.4. The molecule has 194 valence electrons. The van der Waals surface area contributed by atoms with Crippen molar-refractivity contribution in [1.82, 2.24) is 10.3 Å². The second kappa shape index (κ2) is 10.2. The maximum absolute atomic E-state index is 14.4. The first-order chi connectivity index (χ1) is 17.0. The third-order valence-corrected chi connectivity index (χ3v) is 8.56. The average Bonchev–Trinajstić information content (AvgIpc) is 3.28. The van der Waals surface area contributed by atoms with Gasteiger partial charge >= 0.3 is 0 Å². The summed E-state index contributed by atoms with van der Waals surface area (Å²) >= 11 is 0. The third-order valence-electron chi connectivity index (χ3n) is 6.95. The van der Waals surface area contributed by atoms with Gasteiger partial charge in [0, 0.05) is 41.6 Å². The van der Waals surface area contributed by atoms with E-state index in [0.29, 0.717) is 43.3 Å². The number of hydrogen-bond donors (Lipinski definition) is 1. The summed E-state index contributed by atoms with van der Waals surface area (Å²) in [5.41, 5.74) is 1.99. The zero-order valence-electron chi connectivity index (χ0n) is 21.0. The van der Waals surface area contributed by atoms with E-state index >= 15 is 0 Å². The molecule has 1 aliphatic carbocycles. The topological polar surface area (TPSA) is 116 Å². The number of oxazole rings is 1. The molecule has 2 aliphatic rings. The highest BCUT2D eigenvalue weighted by molar-refractivity contribution is 7.91. The fourth-order valence-corrected chi connectivity index (χ4v) is 6.10. The summed E-state index contributed by atoms with van der Waals surface area (Å²) in [6.07, 6.45) is -0.213. The van der Waals surface area contributed by atoms with Crippen LogP contribution in [0.15, 0.2) is 28.7 Å². The third kappa shape index (κ3) is 5.72. The number of nitrogens with zero attached hydrogens (tertiary/aromatic N) is 3. The predicted octanol–water partition coefficient (Wildman–Crippen LogP) is 3.74. The van der Waals surface area contributed by atoms with Crippen LogP contribution in [0.4, 0.5) is 10.1 Å². The number of benzene rings is 1. The summed E-state index contributed by atoms with van der Waals surface area (Å²) in [6, 6.07) is 9.61. The van der Waals surface area contributed by atoms with E-state index in [9.17, 15) is 17.6 Å². The number of nitriles is 1. The van der Waals surface area contributed by atoms with Gasteiger partial charge in [0.15, 0.2) is 15.6 Å². The highest BCUT2D eigenvalue weighted by Gasteiger charge is 2.40. The molecule has 2 fully saturated rings. The lowest BCUT2D eigenvalue weighted by molar-refractivity contribution is -0.127. The molecule has 1 N–H and O–H groups in total. The number of aromatic nitrogens is 1. The van der Waals surface area contributed by atoms with Crippen LogP contribution in [0.1, 0.15) is 57.5 Å². The van der Waals surface area contributed by atoms with E-state index in [1.54, 1.807) is 0 Å². The number of sulfone groups is 1. The number of nitrogens with one attached hydrogen (secondary N) is 1. The summed E-state index contributed by atoms with van der Waals surface area (Å²) in [5.74, 6) is 0.0612. The fraction of sp³-hybridized carbons (Fsp3) is 0.577. The van der Waals surface area contributed by atoms with Crippen LogP contribution in [-0.2, 0) is 20.0 Å². The molecular weight excluding hydrogens is 483 g/mol. The quantitative estimate of drug-likeness (QED) is 0.602. The van der Waals surface area contributed by atoms with Crippen molar-refractivity contribution in [2.45, 2.75) is 57.5 Å². The molecule has 4 rings (SSSR count). The van der Waals surface area contributed by atoms with E-state index < -0.39 is 21.9 Å². The minimum Gasteiger partial charge on any atom is -0.440 e. The van der Waals surface area contributed by atoms with Gasteiger partial charge < -0.3 is 14.6 Å². The molecule has 3 atom stereocenters. The zero-order chi connectivity index (χ0) is 26.1. The van der Waals surface area contributed by atoms with Crippen LogP contribution in [0, 0.1) is 17.2 Å². The van der Waals surface area contributed by atoms with Crippen molar-refractivity contribution in [2.75, 3.05) is 36.0 Å². The molecule has 0 bridgehead atoms. The number of carbonyl (C=O) groups excluding carboxylic acids is 1. The molecule has 0 spiro atoms. The Balaban J connectivity index is 1.68. The molecule has 1 aliphatic heterocycles. The van der Waals surface area contributed by atoms with Crippen LogP contribution in [0.5, 0.6) is 0 Å². The van der Waals surface area contributed by atoms with Crippen LogP contribution >= 0.6 is 0 Å². The second-order valence-corrected chi connectivity index (χ2v) is 13.0. The normalized spacial score (nSPS) is 24.2. The first-order valence-electron chi connectivity index (χ1n) is 12.3. The SMILES string of the molecule is CC(C)(C)c1nc([C@@H]2CC[C@H](F)CC2C(=O)NCC#N)c(-c2ccc(N3CCS(=O)(=O)CC3)cc2)o1. The van der Waals surface area contributed by atoms with Crippen molar-refractivity contribution >= 4 is 21.4 Å². The Hall–Kier alpha value is -2.93. The summed E-state index contributed by atoms with van der Waals surface area (Å²) in [5, 5.41) is 11.5. The number of amides is 1. The molecule has 8 nitrogen and oxygen atoms in total. The van der Waals surface area contributed by atoms with Gasteiger partial charge in [-0.05, 0) is 43.5 Å². The Labute approximate surface area is 211 Å². The first-order valence-corrected chi connectivity index (χ1v) is 14.2. The van der Waals surface area contributed by atoms with E-state index in [1.807, 2.05) is 56.0 Å². The van der Waals surface area contributed by atoms with Gasteiger partial charge in [0.05, 0.1) is 23.3 Å². The molecule has 1 unspecified atom stereocenters. The molecule has 2 aromatic rings. The summed E-state index contributed by atoms with van der Waals surface area (Å²) in [6.45, 7) is 6.77. The molecular formula is C26H33FN4O4S. The standard InChI is InChI=1S/C26H33FN4O4S/c1-26(2,3)25-30-22(20-9-6-18(27)16-21(20)24(32)29-11-10-28)23(35-25)17-4-7-19(8-5-17)31-12-14-36(33,34)15-13-31/h4-5,7-8,18,20-21H,6,9,11-16H2,1-3H3,(H,29,32)/t18-,20+,21?/m0/s1. The van der Waals surface area contributed by atoms with Crippen LogP contribution < -0.4 is 10.2 Å². The van der Waals surface area contributed by atoms with Gasteiger partial charge in [-0.15, -0.1) is 0 Å². The van der Waals surface area contributed by atoms with E-state index in [2.05, 4.69) is 5.32 Å². The van der Waals surface area contributed by atoms with E-state index in [1.165, 1.54) is 0 Å². The Kier molecular flexibility index (Phi) is 7.41. The lowest BCUT2D eigenvalue weighted by Crippen LogP contribution is -2.40. The molecule has 2 heterocycles. The van der Waals surface area contributed by atoms with Gasteiger partial charge in [0.25, 0.3) is 0 Å². The van der Waals surface area contributed by atoms with Crippen molar-refractivity contribution in [3.63, 3.8) is 0 Å². The molecule has 1 amide bonds. The number of alkyl halides is 1. The highest BCUT2D eigenvalue weighted by Crippen LogP contribution is 2.44. The lowest BCUT2D eigenvalue weighted by atomic mass is 9.75. The Morgan fingerprint density at radius 2 is 1.89 bits per heavy atom. The maximum Gasteiger partial charge on any atom is 0.224 e. The van der Waals surface area contributed by atoms with Gasteiger partial charge in [-0.1, -0.05) is 20.8 Å². The van der Waals surface area contributed by atoms with Gasteiger partial charge in [-0.2, -0.15) is 5.26 Å². The molecule has 1 saturated heterocycles. The number of anilines is 1. The monoisotopic (exact) mass is 516 g/mol. The van der Waals surface area contributed by atoms with Crippen molar-refractivity contribution in [3.05, 3.63) is 35.9 Å². The summed E-state index contributed by atoms with van der Waals surface area (Å²) < 4.78 is 44.2. The molecule has 1 aromatic heterocycles. The van der Waals surface area contributed by atoms with Crippen molar-refractivity contribution in [3.8, 4) is 17.4 Å². The van der Waals surface area contributed by atoms with Crippen LogP contribution in [0.3, 0.4) is 0 Å². The van der Waals surface area contributed by atoms with Gasteiger partial charge in [-0.3, -0.25) is 4.79 Å². The molecule has 36 heavy (non-hydrogen) atoms. The molecule has 10 heteroatoms. The Bertz CT molecular complexity index is 1230. The van der Waals surface area contributed by atoms with Crippen LogP contribution in [0.25, 0.3) is 11.3 Å². The van der Waals surface area contributed by atoms with E-state index in [0.717, 1.165) is 11.3 Å². The number of carbonyl (C=O) groups is 1. The predicted molar refractivity (Wildman–Crippen MR) is 135 cm³/mol. The highest BCUT2D eigenvalue weighted by atomic mass is 32.2. The van der Waals surface area contributed by atoms with E-state index in [4.69, 9.17) is 14.7 Å². The number of hydrogen-bond acceptors (Lipinski definition) is 7. The smallest absolute Gasteiger partial charge is 0.224 e. The van der Waals surface area contributed by atoms with Crippen molar-refractivity contribution in [1.29, 1.82) is 5.26 Å². The van der Waals surface area contributed by atoms with Gasteiger partial charge in [0.2, 0.25) is 11.8 Å². The Morgan fingerprint density at radius 3 is 2.50 bits per heavy atom. The van der Waals surface area contributed by atoms with Crippen LogP contribution in [-0.4, -0.2) is 56.6 Å². The van der Waals surface area contributed by atoms with Crippen LogP contribution in [0.2, 0.25) is 0 Å². The van der Waals surface area contributed by atoms with Crippen molar-refractivity contribution in [2.24, 2.45) is 5.92 Å². The average molecular weight is 517 g/mol. The first kappa shape index (κ1) is 26.1. The molecule has 1 saturated carbocycles. The van der Waals surface area contributed by atoms with E-state index in [-0.39, 0.29) is 41.7 Å². The summed E-state index contributed by atoms with van der Waals surface area (Å²) in [7, 11) is -2.97. The molecule has 1 aromatic carbocycles. The van der Waals surface area contributed by atoms with Crippen molar-refractivity contribution < 1.29 is 22.0 Å². The largest absolute Gasteiger partial charge is 0.440 e. The zero-order valence-corrected chi connectivity index (χ0v) is 21.8. The van der Waals surface area contributed by atoms with Gasteiger partial charge in [-0.25, -0.2) is 17.8 Å².